The van der Waals surface area contributed by atoms with Crippen LogP contribution < -0.4 is 9.47 Å². The van der Waals surface area contributed by atoms with Gasteiger partial charge in [-0.05, 0) is 18.9 Å². The van der Waals surface area contributed by atoms with Gasteiger partial charge in [-0.1, -0.05) is 12.8 Å². The van der Waals surface area contributed by atoms with Crippen LogP contribution in [-0.2, 0) is 11.3 Å². The monoisotopic (exact) mass is 496 g/mol. The van der Waals surface area contributed by atoms with Crippen LogP contribution in [0.3, 0.4) is 0 Å². The first-order valence-electron chi connectivity index (χ1n) is 12.0. The van der Waals surface area contributed by atoms with E-state index in [9.17, 15) is 18.0 Å². The number of carbonyl (C=O) groups excluding carboxylic acids is 1. The summed E-state index contributed by atoms with van der Waals surface area (Å²) in [4.78, 5) is 18.2. The van der Waals surface area contributed by atoms with Crippen molar-refractivity contribution in [1.29, 1.82) is 0 Å². The van der Waals surface area contributed by atoms with Gasteiger partial charge in [-0.2, -0.15) is 18.3 Å². The fourth-order valence-corrected chi connectivity index (χ4v) is 4.79. The van der Waals surface area contributed by atoms with Crippen molar-refractivity contribution < 1.29 is 32.2 Å². The molecule has 192 valence electrons. The van der Waals surface area contributed by atoms with Crippen LogP contribution in [0.15, 0.2) is 24.5 Å². The number of rotatable bonds is 10. The summed E-state index contributed by atoms with van der Waals surface area (Å²) < 4.78 is 57.0. The van der Waals surface area contributed by atoms with Gasteiger partial charge in [0.25, 0.3) is 0 Å². The second kappa shape index (κ2) is 11.9. The Morgan fingerprint density at radius 1 is 1.17 bits per heavy atom. The van der Waals surface area contributed by atoms with Gasteiger partial charge in [-0.3, -0.25) is 14.4 Å². The molecule has 8 nitrogen and oxygen atoms in total. The molecule has 35 heavy (non-hydrogen) atoms. The Labute approximate surface area is 202 Å². The van der Waals surface area contributed by atoms with Crippen molar-refractivity contribution in [3.05, 3.63) is 35.8 Å². The lowest BCUT2D eigenvalue weighted by Gasteiger charge is -2.32. The summed E-state index contributed by atoms with van der Waals surface area (Å²) >= 11 is 0. The predicted molar refractivity (Wildman–Crippen MR) is 121 cm³/mol. The maximum Gasteiger partial charge on any atom is 0.408 e. The number of pyridine rings is 1. The summed E-state index contributed by atoms with van der Waals surface area (Å²) in [5.41, 5.74) is 0.907. The van der Waals surface area contributed by atoms with Gasteiger partial charge in [0.2, 0.25) is 5.88 Å². The molecule has 1 saturated carbocycles. The maximum atomic E-state index is 13.0. The highest BCUT2D eigenvalue weighted by atomic mass is 19.4. The van der Waals surface area contributed by atoms with E-state index in [0.717, 1.165) is 50.0 Å². The van der Waals surface area contributed by atoms with Gasteiger partial charge in [0.15, 0.2) is 6.29 Å². The van der Waals surface area contributed by atoms with Crippen molar-refractivity contribution in [3.8, 4) is 11.6 Å². The predicted octanol–water partition coefficient (Wildman–Crippen LogP) is 3.72. The highest BCUT2D eigenvalue weighted by molar-refractivity contribution is 5.79. The fourth-order valence-electron chi connectivity index (χ4n) is 4.79. The Balaban J connectivity index is 1.36. The molecule has 3 heterocycles. The Hall–Kier alpha value is -2.66. The number of nitrogens with zero attached hydrogens (tertiary/aromatic N) is 4. The summed E-state index contributed by atoms with van der Waals surface area (Å²) in [5.74, 6) is 0.605. The number of morpholine rings is 1. The molecule has 1 saturated heterocycles. The molecule has 2 aliphatic rings. The Bertz CT molecular complexity index is 962. The van der Waals surface area contributed by atoms with E-state index >= 15 is 0 Å². The normalized spacial score (nSPS) is 21.6. The average molecular weight is 497 g/mol. The molecule has 11 heteroatoms. The van der Waals surface area contributed by atoms with Crippen LogP contribution in [-0.4, -0.2) is 78.2 Å². The van der Waals surface area contributed by atoms with Crippen molar-refractivity contribution in [1.82, 2.24) is 19.7 Å². The van der Waals surface area contributed by atoms with E-state index in [1.165, 1.54) is 12.4 Å². The molecule has 1 aliphatic heterocycles. The van der Waals surface area contributed by atoms with E-state index in [4.69, 9.17) is 14.2 Å². The quantitative estimate of drug-likeness (QED) is 0.464. The number of aldehydes is 1. The molecule has 4 rings (SSSR count). The second-order valence-corrected chi connectivity index (χ2v) is 8.97. The smallest absolute Gasteiger partial charge is 0.408 e. The van der Waals surface area contributed by atoms with Crippen LogP contribution in [0.25, 0.3) is 0 Å². The first-order valence-corrected chi connectivity index (χ1v) is 12.0. The van der Waals surface area contributed by atoms with Crippen LogP contribution >= 0.6 is 0 Å². The lowest BCUT2D eigenvalue weighted by Crippen LogP contribution is -2.38. The van der Waals surface area contributed by atoms with Crippen molar-refractivity contribution in [3.63, 3.8) is 0 Å². The molecule has 0 radical (unpaired) electrons. The molecule has 2 aromatic rings. The molecule has 2 aromatic heterocycles. The van der Waals surface area contributed by atoms with Gasteiger partial charge in [-0.25, -0.2) is 4.98 Å². The minimum atomic E-state index is -4.34. The molecule has 2 unspecified atom stereocenters. The van der Waals surface area contributed by atoms with Gasteiger partial charge in [0.05, 0.1) is 31.6 Å². The summed E-state index contributed by atoms with van der Waals surface area (Å²) in [6.07, 6.45) is 2.77. The number of hydrogen-bond donors (Lipinski definition) is 0. The number of halogens is 3. The molecule has 0 spiro atoms. The maximum absolute atomic E-state index is 13.0. The number of carbonyl (C=O) groups is 1. The third-order valence-corrected chi connectivity index (χ3v) is 6.58. The van der Waals surface area contributed by atoms with Crippen molar-refractivity contribution in [2.24, 2.45) is 5.92 Å². The Morgan fingerprint density at radius 2 is 1.97 bits per heavy atom. The summed E-state index contributed by atoms with van der Waals surface area (Å²) in [7, 11) is 0. The summed E-state index contributed by atoms with van der Waals surface area (Å²) in [6, 6.07) is 3.22. The van der Waals surface area contributed by atoms with Crippen molar-refractivity contribution >= 4 is 6.29 Å². The summed E-state index contributed by atoms with van der Waals surface area (Å²) in [6.45, 7) is 3.52. The Kier molecular flexibility index (Phi) is 8.61. The highest BCUT2D eigenvalue weighted by Crippen LogP contribution is 2.39. The minimum absolute atomic E-state index is 0.0105. The van der Waals surface area contributed by atoms with Crippen LogP contribution in [0.1, 0.15) is 47.7 Å². The molecule has 0 aromatic carbocycles. The van der Waals surface area contributed by atoms with E-state index in [-0.39, 0.29) is 18.4 Å². The molecule has 1 aliphatic carbocycles. The molecule has 2 atom stereocenters. The largest absolute Gasteiger partial charge is 0.491 e. The molecule has 0 N–H and O–H groups in total. The zero-order valence-corrected chi connectivity index (χ0v) is 19.6. The standard InChI is InChI=1S/C24H31F3N4O4/c25-24(26,27)17-31-21(5-6-29-31)20-4-2-1-3-18(20)16-35-22-14-28-23(13-19(22)15-32)34-12-9-30-7-10-33-11-8-30/h5-6,13-15,18,20H,1-4,7-12,16-17H2. The fraction of sp³-hybridized carbons (Fsp3) is 0.625. The van der Waals surface area contributed by atoms with E-state index in [0.29, 0.717) is 49.0 Å². The molecular formula is C24H31F3N4O4. The highest BCUT2D eigenvalue weighted by Gasteiger charge is 2.34. The zero-order valence-electron chi connectivity index (χ0n) is 19.6. The minimum Gasteiger partial charge on any atom is -0.491 e. The van der Waals surface area contributed by atoms with Gasteiger partial charge in [0, 0.05) is 49.4 Å². The van der Waals surface area contributed by atoms with Gasteiger partial charge in [0.1, 0.15) is 18.9 Å². The summed E-state index contributed by atoms with van der Waals surface area (Å²) in [5, 5.41) is 3.90. The van der Waals surface area contributed by atoms with E-state index in [2.05, 4.69) is 15.0 Å². The Morgan fingerprint density at radius 3 is 2.74 bits per heavy atom. The van der Waals surface area contributed by atoms with Crippen LogP contribution in [0.5, 0.6) is 11.6 Å². The first kappa shape index (κ1) is 25.4. The lowest BCUT2D eigenvalue weighted by atomic mass is 9.78. The third-order valence-electron chi connectivity index (χ3n) is 6.58. The molecular weight excluding hydrogens is 465 g/mol. The van der Waals surface area contributed by atoms with E-state index < -0.39 is 12.7 Å². The molecule has 0 bridgehead atoms. The number of alkyl halides is 3. The molecule has 2 fully saturated rings. The van der Waals surface area contributed by atoms with Gasteiger partial charge < -0.3 is 14.2 Å². The number of hydrogen-bond acceptors (Lipinski definition) is 7. The van der Waals surface area contributed by atoms with Gasteiger partial charge >= 0.3 is 6.18 Å². The van der Waals surface area contributed by atoms with Crippen LogP contribution in [0.4, 0.5) is 13.2 Å². The van der Waals surface area contributed by atoms with Crippen molar-refractivity contribution in [2.45, 2.75) is 44.3 Å². The SMILES string of the molecule is O=Cc1cc(OCCN2CCOCC2)ncc1OCC1CCCCC1c1ccnn1CC(F)(F)F. The second-order valence-electron chi connectivity index (χ2n) is 8.97. The van der Waals surface area contributed by atoms with Crippen molar-refractivity contribution in [2.75, 3.05) is 46.1 Å². The molecule has 0 amide bonds. The average Bonchev–Trinajstić information content (AvgIpc) is 3.30. The lowest BCUT2D eigenvalue weighted by molar-refractivity contribution is -0.143. The topological polar surface area (TPSA) is 78.7 Å². The third kappa shape index (κ3) is 7.17. The number of ether oxygens (including phenoxy) is 3. The first-order chi connectivity index (χ1) is 16.9. The van der Waals surface area contributed by atoms with Crippen LogP contribution in [0, 0.1) is 5.92 Å². The van der Waals surface area contributed by atoms with E-state index in [1.807, 2.05) is 0 Å². The zero-order chi connectivity index (χ0) is 24.7. The van der Waals surface area contributed by atoms with E-state index in [1.54, 1.807) is 12.1 Å². The van der Waals surface area contributed by atoms with Gasteiger partial charge in [-0.15, -0.1) is 0 Å². The van der Waals surface area contributed by atoms with Crippen LogP contribution in [0.2, 0.25) is 0 Å². The number of aromatic nitrogens is 3.